The number of benzene rings is 2. The van der Waals surface area contributed by atoms with Gasteiger partial charge in [0.15, 0.2) is 0 Å². The zero-order valence-electron chi connectivity index (χ0n) is 13.9. The molecule has 1 heterocycles. The fraction of sp³-hybridized carbons (Fsp3) is 0.100. The maximum atomic E-state index is 12.5. The number of rotatable bonds is 7. The minimum Gasteiger partial charge on any atom is -0.490 e. The first-order valence-electron chi connectivity index (χ1n) is 8.05. The van der Waals surface area contributed by atoms with Gasteiger partial charge in [-0.1, -0.05) is 41.9 Å². The lowest BCUT2D eigenvalue weighted by Crippen LogP contribution is -2.15. The second-order valence-electron chi connectivity index (χ2n) is 5.33. The van der Waals surface area contributed by atoms with Gasteiger partial charge in [0.25, 0.3) is 5.91 Å². The smallest absolute Gasteiger partial charge is 0.259 e. The summed E-state index contributed by atoms with van der Waals surface area (Å²) in [6.45, 7) is 0.697. The lowest BCUT2D eigenvalue weighted by atomic mass is 10.2. The maximum Gasteiger partial charge on any atom is 0.259 e. The summed E-state index contributed by atoms with van der Waals surface area (Å²) < 4.78 is 11.3. The van der Waals surface area contributed by atoms with Crippen molar-refractivity contribution < 1.29 is 14.3 Å². The summed E-state index contributed by atoms with van der Waals surface area (Å²) in [5.74, 6) is 0.981. The normalized spacial score (nSPS) is 10.2. The molecule has 3 rings (SSSR count). The lowest BCUT2D eigenvalue weighted by Gasteiger charge is -2.12. The van der Waals surface area contributed by atoms with Gasteiger partial charge in [-0.2, -0.15) is 0 Å². The quantitative estimate of drug-likeness (QED) is 0.494. The van der Waals surface area contributed by atoms with Crippen LogP contribution in [0.5, 0.6) is 11.5 Å². The van der Waals surface area contributed by atoms with E-state index in [1.807, 2.05) is 36.4 Å². The van der Waals surface area contributed by atoms with E-state index in [-0.39, 0.29) is 5.91 Å². The largest absolute Gasteiger partial charge is 0.490 e. The van der Waals surface area contributed by atoms with Gasteiger partial charge in [0.05, 0.1) is 17.4 Å². The van der Waals surface area contributed by atoms with E-state index in [1.54, 1.807) is 30.3 Å². The zero-order valence-corrected chi connectivity index (χ0v) is 14.6. The second kappa shape index (κ2) is 8.87. The number of anilines is 1. The van der Waals surface area contributed by atoms with Crippen LogP contribution in [0.3, 0.4) is 0 Å². The summed E-state index contributed by atoms with van der Waals surface area (Å²) in [5.41, 5.74) is 0.990. The Morgan fingerprint density at radius 1 is 0.923 bits per heavy atom. The highest BCUT2D eigenvalue weighted by Crippen LogP contribution is 2.20. The molecule has 1 amide bonds. The van der Waals surface area contributed by atoms with Crippen molar-refractivity contribution in [3.8, 4) is 11.5 Å². The number of carbonyl (C=O) groups excluding carboxylic acids is 1. The van der Waals surface area contributed by atoms with Crippen LogP contribution in [0.15, 0.2) is 72.9 Å². The highest BCUT2D eigenvalue weighted by atomic mass is 35.5. The Balaban J connectivity index is 1.58. The fourth-order valence-electron chi connectivity index (χ4n) is 2.26. The number of aromatic nitrogens is 1. The Morgan fingerprint density at radius 2 is 1.65 bits per heavy atom. The molecule has 26 heavy (non-hydrogen) atoms. The maximum absolute atomic E-state index is 12.5. The Morgan fingerprint density at radius 3 is 2.42 bits per heavy atom. The number of carbonyl (C=O) groups is 1. The van der Waals surface area contributed by atoms with E-state index in [1.165, 1.54) is 6.20 Å². The number of amides is 1. The Labute approximate surface area is 156 Å². The molecule has 2 aromatic carbocycles. The molecule has 0 radical (unpaired) electrons. The third-order valence-electron chi connectivity index (χ3n) is 3.47. The molecule has 5 nitrogen and oxygen atoms in total. The second-order valence-corrected chi connectivity index (χ2v) is 5.72. The number of nitrogens with one attached hydrogen (secondary N) is 1. The average Bonchev–Trinajstić information content (AvgIpc) is 2.68. The molecule has 1 N–H and O–H groups in total. The van der Waals surface area contributed by atoms with E-state index in [2.05, 4.69) is 10.3 Å². The number of hydrogen-bond acceptors (Lipinski definition) is 4. The van der Waals surface area contributed by atoms with E-state index in [4.69, 9.17) is 21.1 Å². The molecule has 0 spiro atoms. The van der Waals surface area contributed by atoms with Gasteiger partial charge in [-0.05, 0) is 36.4 Å². The van der Waals surface area contributed by atoms with E-state index >= 15 is 0 Å². The summed E-state index contributed by atoms with van der Waals surface area (Å²) in [6.07, 6.45) is 1.50. The number of nitrogens with zero attached hydrogens (tertiary/aromatic N) is 1. The SMILES string of the molecule is O=C(Nc1ccc(Cl)nc1)c1ccccc1OCCOc1ccccc1. The van der Waals surface area contributed by atoms with Crippen molar-refractivity contribution in [2.45, 2.75) is 0 Å². The molecule has 0 fully saturated rings. The first kappa shape index (κ1) is 17.8. The summed E-state index contributed by atoms with van der Waals surface area (Å²) in [5, 5.41) is 3.14. The number of pyridine rings is 1. The number of para-hydroxylation sites is 2. The van der Waals surface area contributed by atoms with Crippen molar-refractivity contribution in [3.05, 3.63) is 83.6 Å². The third-order valence-corrected chi connectivity index (χ3v) is 3.69. The summed E-state index contributed by atoms with van der Waals surface area (Å²) in [4.78, 5) is 16.4. The van der Waals surface area contributed by atoms with Crippen molar-refractivity contribution in [2.24, 2.45) is 0 Å². The van der Waals surface area contributed by atoms with Crippen LogP contribution in [-0.4, -0.2) is 24.1 Å². The van der Waals surface area contributed by atoms with E-state index in [0.29, 0.717) is 35.4 Å². The Kier molecular flexibility index (Phi) is 6.06. The Bertz CT molecular complexity index is 854. The number of ether oxygens (including phenoxy) is 2. The molecule has 0 atom stereocenters. The molecule has 1 aromatic heterocycles. The molecular weight excluding hydrogens is 352 g/mol. The molecule has 0 aliphatic heterocycles. The standard InChI is InChI=1S/C20H17ClN2O3/c21-19-11-10-15(14-22-19)23-20(24)17-8-4-5-9-18(17)26-13-12-25-16-6-2-1-3-7-16/h1-11,14H,12-13H2,(H,23,24). The van der Waals surface area contributed by atoms with Gasteiger partial charge < -0.3 is 14.8 Å². The summed E-state index contributed by atoms with van der Waals surface area (Å²) in [7, 11) is 0. The molecule has 0 saturated heterocycles. The van der Waals surface area contributed by atoms with Crippen LogP contribution in [0.1, 0.15) is 10.4 Å². The first-order valence-corrected chi connectivity index (χ1v) is 8.43. The van der Waals surface area contributed by atoms with Gasteiger partial charge in [-0.3, -0.25) is 4.79 Å². The van der Waals surface area contributed by atoms with Crippen LogP contribution >= 0.6 is 11.6 Å². The van der Waals surface area contributed by atoms with Gasteiger partial charge in [0.2, 0.25) is 0 Å². The summed E-state index contributed by atoms with van der Waals surface area (Å²) in [6, 6.07) is 19.8. The van der Waals surface area contributed by atoms with Gasteiger partial charge >= 0.3 is 0 Å². The van der Waals surface area contributed by atoms with Crippen LogP contribution in [-0.2, 0) is 0 Å². The van der Waals surface area contributed by atoms with Crippen molar-refractivity contribution >= 4 is 23.2 Å². The zero-order chi connectivity index (χ0) is 18.2. The highest BCUT2D eigenvalue weighted by molar-refractivity contribution is 6.29. The topological polar surface area (TPSA) is 60.5 Å². The van der Waals surface area contributed by atoms with Crippen molar-refractivity contribution in [2.75, 3.05) is 18.5 Å². The van der Waals surface area contributed by atoms with E-state index in [0.717, 1.165) is 5.75 Å². The highest BCUT2D eigenvalue weighted by Gasteiger charge is 2.12. The predicted molar refractivity (Wildman–Crippen MR) is 101 cm³/mol. The Hall–Kier alpha value is -3.05. The van der Waals surface area contributed by atoms with Crippen LogP contribution in [0.4, 0.5) is 5.69 Å². The van der Waals surface area contributed by atoms with Crippen LogP contribution < -0.4 is 14.8 Å². The molecular formula is C20H17ClN2O3. The van der Waals surface area contributed by atoms with Crippen molar-refractivity contribution in [1.29, 1.82) is 0 Å². The van der Waals surface area contributed by atoms with Crippen molar-refractivity contribution in [1.82, 2.24) is 4.98 Å². The third kappa shape index (κ3) is 4.97. The van der Waals surface area contributed by atoms with Gasteiger partial charge in [0, 0.05) is 0 Å². The molecule has 6 heteroatoms. The lowest BCUT2D eigenvalue weighted by molar-refractivity contribution is 0.102. The molecule has 0 bridgehead atoms. The van der Waals surface area contributed by atoms with Gasteiger partial charge in [0.1, 0.15) is 29.9 Å². The average molecular weight is 369 g/mol. The molecule has 0 unspecified atom stereocenters. The van der Waals surface area contributed by atoms with Crippen molar-refractivity contribution in [3.63, 3.8) is 0 Å². The molecule has 3 aromatic rings. The van der Waals surface area contributed by atoms with Crippen LogP contribution in [0.25, 0.3) is 0 Å². The summed E-state index contributed by atoms with van der Waals surface area (Å²) >= 11 is 5.75. The number of hydrogen-bond donors (Lipinski definition) is 1. The van der Waals surface area contributed by atoms with Crippen LogP contribution in [0.2, 0.25) is 5.15 Å². The molecule has 0 aliphatic rings. The number of halogens is 1. The van der Waals surface area contributed by atoms with Gasteiger partial charge in [-0.15, -0.1) is 0 Å². The van der Waals surface area contributed by atoms with E-state index in [9.17, 15) is 4.79 Å². The molecule has 0 saturated carbocycles. The first-order chi connectivity index (χ1) is 12.7. The minimum atomic E-state index is -0.284. The fourth-order valence-corrected chi connectivity index (χ4v) is 2.37. The minimum absolute atomic E-state index is 0.284. The van der Waals surface area contributed by atoms with Gasteiger partial charge in [-0.25, -0.2) is 4.98 Å². The molecule has 132 valence electrons. The predicted octanol–water partition coefficient (Wildman–Crippen LogP) is 4.45. The molecule has 0 aliphatic carbocycles. The van der Waals surface area contributed by atoms with E-state index < -0.39 is 0 Å². The van der Waals surface area contributed by atoms with Crippen LogP contribution in [0, 0.1) is 0 Å². The monoisotopic (exact) mass is 368 g/mol.